The number of hydrogen-bond acceptors (Lipinski definition) is 6. The predicted molar refractivity (Wildman–Crippen MR) is 122 cm³/mol. The maximum Gasteiger partial charge on any atom is 0.269 e. The Hall–Kier alpha value is -4.01. The Morgan fingerprint density at radius 3 is 2.18 bits per heavy atom. The highest BCUT2D eigenvalue weighted by Crippen LogP contribution is 2.54. The number of likely N-dealkylation sites (tertiary alicyclic amines) is 1. The van der Waals surface area contributed by atoms with E-state index in [0.29, 0.717) is 17.0 Å². The molecule has 2 aromatic rings. The number of non-ortho nitro benzene ring substituents is 1. The first kappa shape index (κ1) is 21.8. The molecule has 0 radical (unpaired) electrons. The van der Waals surface area contributed by atoms with Gasteiger partial charge in [-0.3, -0.25) is 29.4 Å². The molecule has 9 nitrogen and oxygen atoms in total. The van der Waals surface area contributed by atoms with Crippen LogP contribution in [-0.2, 0) is 14.4 Å². The van der Waals surface area contributed by atoms with Crippen LogP contribution in [0.3, 0.4) is 0 Å². The number of nitro benzene ring substituents is 1. The Balaban J connectivity index is 1.43. The Labute approximate surface area is 195 Å². The highest BCUT2D eigenvalue weighted by molar-refractivity contribution is 6.07. The summed E-state index contributed by atoms with van der Waals surface area (Å²) in [5.74, 6) is -0.985. The summed E-state index contributed by atoms with van der Waals surface area (Å²) in [6, 6.07) is 11.6. The molecular weight excluding hydrogens is 438 g/mol. The number of rotatable bonds is 7. The van der Waals surface area contributed by atoms with Gasteiger partial charge in [-0.1, -0.05) is 24.3 Å². The molecule has 1 N–H and O–H groups in total. The quantitative estimate of drug-likeness (QED) is 0.292. The second kappa shape index (κ2) is 8.40. The molecular formula is C25H23N3O6. The maximum atomic E-state index is 13.4. The van der Waals surface area contributed by atoms with Crippen molar-refractivity contribution in [1.29, 1.82) is 0 Å². The molecule has 5 unspecified atom stereocenters. The van der Waals surface area contributed by atoms with Crippen LogP contribution in [0.5, 0.6) is 5.75 Å². The molecule has 0 spiro atoms. The van der Waals surface area contributed by atoms with Crippen molar-refractivity contribution in [1.82, 2.24) is 4.90 Å². The summed E-state index contributed by atoms with van der Waals surface area (Å²) < 4.78 is 5.13. The highest BCUT2D eigenvalue weighted by Gasteiger charge is 2.60. The number of allylic oxidation sites excluding steroid dienone is 2. The molecule has 0 aromatic heterocycles. The molecule has 1 saturated heterocycles. The fourth-order valence-corrected chi connectivity index (χ4v) is 5.47. The molecule has 3 aliphatic rings. The van der Waals surface area contributed by atoms with Crippen LogP contribution in [0.4, 0.5) is 11.4 Å². The SMILES string of the molecule is COc1ccc(NC(=O)CC(c2ccc([N+](=O)[O-])cc2)N2C(=O)C3C4C=CC(C4)C3C2=O)cc1. The Morgan fingerprint density at radius 2 is 1.65 bits per heavy atom. The number of anilines is 1. The minimum atomic E-state index is -0.857. The Kier molecular flexibility index (Phi) is 5.39. The van der Waals surface area contributed by atoms with E-state index in [1.807, 2.05) is 12.2 Å². The maximum absolute atomic E-state index is 13.4. The average molecular weight is 461 g/mol. The van der Waals surface area contributed by atoms with Gasteiger partial charge < -0.3 is 10.1 Å². The number of carbonyl (C=O) groups is 3. The second-order valence-electron chi connectivity index (χ2n) is 8.89. The van der Waals surface area contributed by atoms with Crippen molar-refractivity contribution in [2.75, 3.05) is 12.4 Å². The minimum absolute atomic E-state index is 0.0436. The van der Waals surface area contributed by atoms with E-state index in [-0.39, 0.29) is 41.7 Å². The summed E-state index contributed by atoms with van der Waals surface area (Å²) in [7, 11) is 1.55. The predicted octanol–water partition coefficient (Wildman–Crippen LogP) is 3.48. The summed E-state index contributed by atoms with van der Waals surface area (Å²) in [6.07, 6.45) is 4.67. The van der Waals surface area contributed by atoms with Crippen LogP contribution in [0.1, 0.15) is 24.4 Å². The molecule has 2 aromatic carbocycles. The second-order valence-corrected chi connectivity index (χ2v) is 8.89. The minimum Gasteiger partial charge on any atom is -0.497 e. The topological polar surface area (TPSA) is 119 Å². The van der Waals surface area contributed by atoms with E-state index < -0.39 is 22.8 Å². The number of methoxy groups -OCH3 is 1. The molecule has 5 rings (SSSR count). The molecule has 5 atom stereocenters. The molecule has 1 aliphatic heterocycles. The number of nitrogens with one attached hydrogen (secondary N) is 1. The number of nitrogens with zero attached hydrogens (tertiary/aromatic N) is 2. The number of ether oxygens (including phenoxy) is 1. The van der Waals surface area contributed by atoms with E-state index >= 15 is 0 Å². The third-order valence-corrected chi connectivity index (χ3v) is 7.06. The van der Waals surface area contributed by atoms with Crippen molar-refractivity contribution in [3.63, 3.8) is 0 Å². The lowest BCUT2D eigenvalue weighted by molar-refractivity contribution is -0.384. The van der Waals surface area contributed by atoms with Gasteiger partial charge in [0.15, 0.2) is 0 Å². The van der Waals surface area contributed by atoms with E-state index in [9.17, 15) is 24.5 Å². The summed E-state index contributed by atoms with van der Waals surface area (Å²) in [4.78, 5) is 51.6. The molecule has 1 heterocycles. The number of hydrogen-bond donors (Lipinski definition) is 1. The molecule has 3 amide bonds. The number of nitro groups is 1. The number of carbonyl (C=O) groups excluding carboxylic acids is 3. The highest BCUT2D eigenvalue weighted by atomic mass is 16.6. The van der Waals surface area contributed by atoms with Crippen molar-refractivity contribution in [2.24, 2.45) is 23.7 Å². The molecule has 2 bridgehead atoms. The fourth-order valence-electron chi connectivity index (χ4n) is 5.47. The number of imide groups is 1. The van der Waals surface area contributed by atoms with Crippen molar-refractivity contribution < 1.29 is 24.0 Å². The van der Waals surface area contributed by atoms with E-state index in [1.54, 1.807) is 31.4 Å². The van der Waals surface area contributed by atoms with Gasteiger partial charge in [0, 0.05) is 17.8 Å². The normalized spacial score (nSPS) is 25.4. The molecule has 2 aliphatic carbocycles. The fraction of sp³-hybridized carbons (Fsp3) is 0.320. The van der Waals surface area contributed by atoms with Gasteiger partial charge >= 0.3 is 0 Å². The molecule has 9 heteroatoms. The smallest absolute Gasteiger partial charge is 0.269 e. The van der Waals surface area contributed by atoms with Crippen molar-refractivity contribution in [3.8, 4) is 5.75 Å². The van der Waals surface area contributed by atoms with E-state index in [0.717, 1.165) is 6.42 Å². The first-order chi connectivity index (χ1) is 16.4. The van der Waals surface area contributed by atoms with Crippen LogP contribution in [-0.4, -0.2) is 34.7 Å². The standard InChI is InChI=1S/C25H23N3O6/c1-34-19-10-6-17(7-11-19)26-21(29)13-20(14-4-8-18(9-5-14)28(32)33)27-24(30)22-15-2-3-16(12-15)23(22)25(27)31/h2-11,15-16,20,22-23H,12-13H2,1H3,(H,26,29). The van der Waals surface area contributed by atoms with Crippen molar-refractivity contribution in [2.45, 2.75) is 18.9 Å². The van der Waals surface area contributed by atoms with Gasteiger partial charge in [0.25, 0.3) is 5.69 Å². The van der Waals surface area contributed by atoms with E-state index in [4.69, 9.17) is 4.74 Å². The van der Waals surface area contributed by atoms with Gasteiger partial charge in [0.05, 0.1) is 36.3 Å². The molecule has 1 saturated carbocycles. The first-order valence-electron chi connectivity index (χ1n) is 11.1. The van der Waals surface area contributed by atoms with Crippen LogP contribution < -0.4 is 10.1 Å². The van der Waals surface area contributed by atoms with Gasteiger partial charge in [-0.05, 0) is 48.1 Å². The van der Waals surface area contributed by atoms with E-state index in [2.05, 4.69) is 5.32 Å². The van der Waals surface area contributed by atoms with Crippen LogP contribution in [0, 0.1) is 33.8 Å². The molecule has 34 heavy (non-hydrogen) atoms. The lowest BCUT2D eigenvalue weighted by Crippen LogP contribution is -2.38. The van der Waals surface area contributed by atoms with Crippen LogP contribution in [0.15, 0.2) is 60.7 Å². The Bertz CT molecular complexity index is 1160. The lowest BCUT2D eigenvalue weighted by Gasteiger charge is -2.28. The molecule has 2 fully saturated rings. The van der Waals surface area contributed by atoms with Gasteiger partial charge in [0.1, 0.15) is 5.75 Å². The van der Waals surface area contributed by atoms with Crippen molar-refractivity contribution in [3.05, 3.63) is 76.4 Å². The third kappa shape index (κ3) is 3.63. The van der Waals surface area contributed by atoms with Gasteiger partial charge in [-0.25, -0.2) is 0 Å². The summed E-state index contributed by atoms with van der Waals surface area (Å²) in [5, 5.41) is 13.9. The number of amides is 3. The zero-order valence-corrected chi connectivity index (χ0v) is 18.4. The average Bonchev–Trinajstić information content (AvgIpc) is 3.52. The lowest BCUT2D eigenvalue weighted by atomic mass is 9.85. The monoisotopic (exact) mass is 461 g/mol. The third-order valence-electron chi connectivity index (χ3n) is 7.06. The summed E-state index contributed by atoms with van der Waals surface area (Å²) >= 11 is 0. The van der Waals surface area contributed by atoms with Gasteiger partial charge in [-0.15, -0.1) is 0 Å². The molecule has 174 valence electrons. The van der Waals surface area contributed by atoms with Gasteiger partial charge in [-0.2, -0.15) is 0 Å². The van der Waals surface area contributed by atoms with Gasteiger partial charge in [0.2, 0.25) is 17.7 Å². The van der Waals surface area contributed by atoms with Crippen LogP contribution >= 0.6 is 0 Å². The number of fused-ring (bicyclic) bond motifs is 5. The largest absolute Gasteiger partial charge is 0.497 e. The van der Waals surface area contributed by atoms with Crippen molar-refractivity contribution >= 4 is 29.1 Å². The van der Waals surface area contributed by atoms with Crippen LogP contribution in [0.2, 0.25) is 0 Å². The zero-order chi connectivity index (χ0) is 24.0. The van der Waals surface area contributed by atoms with Crippen LogP contribution in [0.25, 0.3) is 0 Å². The summed E-state index contributed by atoms with van der Waals surface area (Å²) in [5.41, 5.74) is 0.937. The summed E-state index contributed by atoms with van der Waals surface area (Å²) in [6.45, 7) is 0. The first-order valence-corrected chi connectivity index (χ1v) is 11.1. The van der Waals surface area contributed by atoms with E-state index in [1.165, 1.54) is 29.2 Å². The number of benzene rings is 2. The zero-order valence-electron chi connectivity index (χ0n) is 18.4. The Morgan fingerprint density at radius 1 is 1.06 bits per heavy atom.